The normalized spacial score (nSPS) is 20.1. The van der Waals surface area contributed by atoms with Gasteiger partial charge in [-0.1, -0.05) is 31.0 Å². The molecule has 6 N–H and O–H groups in total. The van der Waals surface area contributed by atoms with Crippen molar-refractivity contribution >= 4 is 23.2 Å². The molecule has 1 aliphatic carbocycles. The maximum atomic E-state index is 14.4. The smallest absolute Gasteiger partial charge is 0.252 e. The topological polar surface area (TPSA) is 106 Å². The van der Waals surface area contributed by atoms with E-state index in [0.29, 0.717) is 0 Å². The molecule has 1 heterocycles. The number of hydrogen-bond donors (Lipinski definition) is 4. The van der Waals surface area contributed by atoms with Gasteiger partial charge < -0.3 is 22.1 Å². The molecule has 0 bridgehead atoms. The third-order valence-corrected chi connectivity index (χ3v) is 4.42. The lowest BCUT2D eigenvalue weighted by Crippen LogP contribution is -2.43. The lowest BCUT2D eigenvalue weighted by Gasteiger charge is -2.30. The van der Waals surface area contributed by atoms with E-state index in [1.807, 2.05) is 30.3 Å². The molecule has 1 fully saturated rings. The summed E-state index contributed by atoms with van der Waals surface area (Å²) < 4.78 is 14.4. The van der Waals surface area contributed by atoms with Crippen LogP contribution in [-0.2, 0) is 0 Å². The average molecular weight is 343 g/mol. The summed E-state index contributed by atoms with van der Waals surface area (Å²) in [5.74, 6) is -1.08. The number of nitrogens with zero attached hydrogens (tertiary/aromatic N) is 1. The predicted octanol–water partition coefficient (Wildman–Crippen LogP) is 2.75. The highest BCUT2D eigenvalue weighted by atomic mass is 19.1. The van der Waals surface area contributed by atoms with E-state index in [-0.39, 0.29) is 29.3 Å². The summed E-state index contributed by atoms with van der Waals surface area (Å²) >= 11 is 0. The van der Waals surface area contributed by atoms with Gasteiger partial charge in [0, 0.05) is 17.8 Å². The zero-order valence-electron chi connectivity index (χ0n) is 13.8. The van der Waals surface area contributed by atoms with Gasteiger partial charge in [-0.15, -0.1) is 0 Å². The second-order valence-corrected chi connectivity index (χ2v) is 6.27. The molecule has 1 amide bonds. The predicted molar refractivity (Wildman–Crippen MR) is 96.3 cm³/mol. The van der Waals surface area contributed by atoms with Crippen LogP contribution in [0, 0.1) is 5.82 Å². The number of amides is 1. The third-order valence-electron chi connectivity index (χ3n) is 4.42. The monoisotopic (exact) mass is 343 g/mol. The van der Waals surface area contributed by atoms with Crippen LogP contribution in [0.3, 0.4) is 0 Å². The lowest BCUT2D eigenvalue weighted by molar-refractivity contribution is 0.100. The van der Waals surface area contributed by atoms with Crippen LogP contribution in [0.25, 0.3) is 0 Å². The number of nitrogens with one attached hydrogen (secondary N) is 2. The molecule has 2 atom stereocenters. The van der Waals surface area contributed by atoms with E-state index >= 15 is 0 Å². The van der Waals surface area contributed by atoms with Gasteiger partial charge in [-0.25, -0.2) is 9.37 Å². The molecule has 25 heavy (non-hydrogen) atoms. The Morgan fingerprint density at radius 2 is 1.88 bits per heavy atom. The Labute approximate surface area is 145 Å². The van der Waals surface area contributed by atoms with Crippen molar-refractivity contribution in [1.29, 1.82) is 0 Å². The molecule has 1 aromatic carbocycles. The number of carbonyl (C=O) groups is 1. The highest BCUT2D eigenvalue weighted by Gasteiger charge is 2.24. The minimum atomic E-state index is -0.745. The fourth-order valence-corrected chi connectivity index (χ4v) is 3.05. The fourth-order valence-electron chi connectivity index (χ4n) is 3.05. The highest BCUT2D eigenvalue weighted by Crippen LogP contribution is 2.26. The molecule has 2 aromatic rings. The Morgan fingerprint density at radius 3 is 2.56 bits per heavy atom. The van der Waals surface area contributed by atoms with Crippen LogP contribution in [0.15, 0.2) is 36.4 Å². The lowest BCUT2D eigenvalue weighted by atomic mass is 9.91. The van der Waals surface area contributed by atoms with Crippen LogP contribution in [0.5, 0.6) is 0 Å². The van der Waals surface area contributed by atoms with Crippen molar-refractivity contribution < 1.29 is 9.18 Å². The molecule has 6 nitrogen and oxygen atoms in total. The number of aromatic nitrogens is 1. The van der Waals surface area contributed by atoms with Gasteiger partial charge in [0.05, 0.1) is 5.56 Å². The second kappa shape index (κ2) is 7.48. The van der Waals surface area contributed by atoms with Crippen LogP contribution >= 0.6 is 0 Å². The molecule has 1 aliphatic rings. The number of nitrogens with two attached hydrogens (primary N) is 2. The molecular weight excluding hydrogens is 321 g/mol. The summed E-state index contributed by atoms with van der Waals surface area (Å²) in [6.45, 7) is 0. The number of anilines is 3. The average Bonchev–Trinajstić information content (AvgIpc) is 2.60. The van der Waals surface area contributed by atoms with Gasteiger partial charge in [-0.2, -0.15) is 0 Å². The molecule has 0 spiro atoms. The maximum Gasteiger partial charge on any atom is 0.252 e. The maximum absolute atomic E-state index is 14.4. The number of rotatable bonds is 5. The summed E-state index contributed by atoms with van der Waals surface area (Å²) in [5.41, 5.74) is 12.2. The van der Waals surface area contributed by atoms with E-state index in [1.165, 1.54) is 0 Å². The second-order valence-electron chi connectivity index (χ2n) is 6.27. The van der Waals surface area contributed by atoms with Crippen LogP contribution in [0.4, 0.5) is 21.7 Å². The highest BCUT2D eigenvalue weighted by molar-refractivity contribution is 5.98. The van der Waals surface area contributed by atoms with Crippen molar-refractivity contribution in [2.24, 2.45) is 11.5 Å². The minimum absolute atomic E-state index is 0.000143. The number of primary amides is 1. The summed E-state index contributed by atoms with van der Waals surface area (Å²) in [6.07, 6.45) is 3.88. The van der Waals surface area contributed by atoms with Crippen molar-refractivity contribution in [3.63, 3.8) is 0 Å². The van der Waals surface area contributed by atoms with Gasteiger partial charge in [-0.3, -0.25) is 4.79 Å². The first-order chi connectivity index (χ1) is 12.0. The van der Waals surface area contributed by atoms with Gasteiger partial charge in [-0.05, 0) is 31.0 Å². The number of hydrogen-bond acceptors (Lipinski definition) is 5. The van der Waals surface area contributed by atoms with Gasteiger partial charge in [0.2, 0.25) is 0 Å². The SMILES string of the molecule is NC(=O)c1cc(F)c(N[C@@H]2CCCC[C@@H]2N)nc1Nc1ccccc1. The first-order valence-corrected chi connectivity index (χ1v) is 8.39. The van der Waals surface area contributed by atoms with Crippen LogP contribution < -0.4 is 22.1 Å². The molecule has 1 saturated carbocycles. The van der Waals surface area contributed by atoms with Crippen molar-refractivity contribution in [2.75, 3.05) is 10.6 Å². The van der Waals surface area contributed by atoms with Gasteiger partial charge in [0.1, 0.15) is 5.82 Å². The number of para-hydroxylation sites is 1. The summed E-state index contributed by atoms with van der Waals surface area (Å²) in [4.78, 5) is 15.9. The molecule has 7 heteroatoms. The van der Waals surface area contributed by atoms with E-state index in [9.17, 15) is 9.18 Å². The van der Waals surface area contributed by atoms with Gasteiger partial charge in [0.15, 0.2) is 11.6 Å². The van der Waals surface area contributed by atoms with E-state index in [1.54, 1.807) is 0 Å². The van der Waals surface area contributed by atoms with Gasteiger partial charge >= 0.3 is 0 Å². The number of halogens is 1. The van der Waals surface area contributed by atoms with E-state index < -0.39 is 11.7 Å². The van der Waals surface area contributed by atoms with Crippen LogP contribution in [-0.4, -0.2) is 23.0 Å². The van der Waals surface area contributed by atoms with Crippen molar-refractivity contribution in [3.05, 3.63) is 47.8 Å². The van der Waals surface area contributed by atoms with Crippen molar-refractivity contribution in [1.82, 2.24) is 4.98 Å². The summed E-state index contributed by atoms with van der Waals surface area (Å²) in [6, 6.07) is 10.2. The third kappa shape index (κ3) is 4.06. The van der Waals surface area contributed by atoms with E-state index in [2.05, 4.69) is 15.6 Å². The first kappa shape index (κ1) is 17.2. The molecule has 0 aliphatic heterocycles. The molecule has 0 unspecified atom stereocenters. The summed E-state index contributed by atoms with van der Waals surface area (Å²) in [7, 11) is 0. The fraction of sp³-hybridized carbons (Fsp3) is 0.333. The Morgan fingerprint density at radius 1 is 1.16 bits per heavy atom. The van der Waals surface area contributed by atoms with E-state index in [0.717, 1.165) is 37.4 Å². The molecule has 0 saturated heterocycles. The number of carbonyl (C=O) groups excluding carboxylic acids is 1. The molecule has 1 aromatic heterocycles. The Hall–Kier alpha value is -2.67. The minimum Gasteiger partial charge on any atom is -0.365 e. The standard InChI is InChI=1S/C18H22FN5O/c19-13-10-12(16(21)25)17(22-11-6-2-1-3-7-11)24-18(13)23-15-9-5-4-8-14(15)20/h1-3,6-7,10,14-15H,4-5,8-9,20H2,(H2,21,25)(H2,22,23,24)/t14-,15+/m0/s1. The van der Waals surface area contributed by atoms with Crippen LogP contribution in [0.1, 0.15) is 36.0 Å². The Bertz CT molecular complexity index is 753. The van der Waals surface area contributed by atoms with Crippen molar-refractivity contribution in [2.45, 2.75) is 37.8 Å². The molecule has 3 rings (SSSR count). The quantitative estimate of drug-likeness (QED) is 0.668. The number of pyridine rings is 1. The Kier molecular flexibility index (Phi) is 5.14. The summed E-state index contributed by atoms with van der Waals surface area (Å²) in [5, 5.41) is 6.11. The zero-order valence-corrected chi connectivity index (χ0v) is 13.8. The Balaban J connectivity index is 1.91. The molecule has 0 radical (unpaired) electrons. The molecule has 132 valence electrons. The largest absolute Gasteiger partial charge is 0.365 e. The van der Waals surface area contributed by atoms with Crippen molar-refractivity contribution in [3.8, 4) is 0 Å². The first-order valence-electron chi connectivity index (χ1n) is 8.39. The number of benzene rings is 1. The molecular formula is C18H22FN5O. The van der Waals surface area contributed by atoms with Crippen LogP contribution in [0.2, 0.25) is 0 Å². The van der Waals surface area contributed by atoms with E-state index in [4.69, 9.17) is 11.5 Å². The zero-order chi connectivity index (χ0) is 17.8. The van der Waals surface area contributed by atoms with Gasteiger partial charge in [0.25, 0.3) is 5.91 Å².